The second-order valence-electron chi connectivity index (χ2n) is 3.55. The van der Waals surface area contributed by atoms with Gasteiger partial charge in [0, 0.05) is 17.6 Å². The van der Waals surface area contributed by atoms with Crippen LogP contribution < -0.4 is 5.32 Å². The number of hydrogen-bond donors (Lipinski definition) is 2. The summed E-state index contributed by atoms with van der Waals surface area (Å²) in [6, 6.07) is 6.22. The molecule has 3 heteroatoms. The molecule has 0 spiro atoms. The zero-order valence-electron chi connectivity index (χ0n) is 8.55. The molecule has 0 fully saturated rings. The smallest absolute Gasteiger partial charge is 0.0636 e. The number of rotatable bonds is 4. The van der Waals surface area contributed by atoms with Crippen molar-refractivity contribution in [1.82, 2.24) is 5.32 Å². The van der Waals surface area contributed by atoms with Crippen LogP contribution in [0.4, 0.5) is 0 Å². The van der Waals surface area contributed by atoms with Gasteiger partial charge < -0.3 is 10.4 Å². The average Bonchev–Trinajstić information content (AvgIpc) is 2.08. The molecular formula is C11H16BrNO. The minimum absolute atomic E-state index is 0.286. The molecule has 0 saturated carbocycles. The minimum atomic E-state index is -0.286. The van der Waals surface area contributed by atoms with Crippen molar-refractivity contribution in [2.75, 3.05) is 6.54 Å². The van der Waals surface area contributed by atoms with E-state index in [2.05, 4.69) is 40.3 Å². The van der Waals surface area contributed by atoms with Gasteiger partial charge in [0.25, 0.3) is 0 Å². The summed E-state index contributed by atoms with van der Waals surface area (Å²) in [5.41, 5.74) is 2.53. The van der Waals surface area contributed by atoms with E-state index < -0.39 is 0 Å². The first-order valence-electron chi connectivity index (χ1n) is 4.73. The fourth-order valence-corrected chi connectivity index (χ4v) is 1.75. The van der Waals surface area contributed by atoms with Crippen molar-refractivity contribution < 1.29 is 5.11 Å². The number of aryl methyl sites for hydroxylation is 1. The molecule has 0 heterocycles. The Morgan fingerprint density at radius 2 is 2.21 bits per heavy atom. The molecule has 1 atom stereocenters. The second-order valence-corrected chi connectivity index (χ2v) is 4.47. The molecule has 1 rings (SSSR count). The zero-order chi connectivity index (χ0) is 10.6. The van der Waals surface area contributed by atoms with Crippen LogP contribution >= 0.6 is 15.9 Å². The predicted octanol–water partition coefficient (Wildman–Crippen LogP) is 2.23. The average molecular weight is 258 g/mol. The largest absolute Gasteiger partial charge is 0.392 e. The van der Waals surface area contributed by atoms with Gasteiger partial charge in [-0.1, -0.05) is 22.0 Å². The van der Waals surface area contributed by atoms with Crippen LogP contribution in [0.15, 0.2) is 22.7 Å². The summed E-state index contributed by atoms with van der Waals surface area (Å²) < 4.78 is 1.11. The highest BCUT2D eigenvalue weighted by molar-refractivity contribution is 9.10. The van der Waals surface area contributed by atoms with Gasteiger partial charge in [-0.05, 0) is 37.1 Å². The molecule has 0 saturated heterocycles. The fourth-order valence-electron chi connectivity index (χ4n) is 1.27. The molecule has 0 unspecified atom stereocenters. The first-order valence-corrected chi connectivity index (χ1v) is 5.52. The molecule has 0 aliphatic rings. The number of aliphatic hydroxyl groups excluding tert-OH is 1. The Labute approximate surface area is 93.5 Å². The summed E-state index contributed by atoms with van der Waals surface area (Å²) in [6.45, 7) is 5.31. The third kappa shape index (κ3) is 3.78. The van der Waals surface area contributed by atoms with Gasteiger partial charge in [-0.15, -0.1) is 0 Å². The highest BCUT2D eigenvalue weighted by Crippen LogP contribution is 2.15. The zero-order valence-corrected chi connectivity index (χ0v) is 10.1. The molecule has 1 aromatic carbocycles. The quantitative estimate of drug-likeness (QED) is 0.868. The van der Waals surface area contributed by atoms with Crippen molar-refractivity contribution in [3.8, 4) is 0 Å². The number of halogens is 1. The van der Waals surface area contributed by atoms with E-state index in [0.29, 0.717) is 6.54 Å². The molecule has 0 bridgehead atoms. The van der Waals surface area contributed by atoms with Gasteiger partial charge in [0.05, 0.1) is 6.10 Å². The van der Waals surface area contributed by atoms with Crippen molar-refractivity contribution in [3.63, 3.8) is 0 Å². The van der Waals surface area contributed by atoms with E-state index in [0.717, 1.165) is 11.0 Å². The lowest BCUT2D eigenvalue weighted by atomic mass is 10.1. The highest BCUT2D eigenvalue weighted by Gasteiger charge is 1.99. The summed E-state index contributed by atoms with van der Waals surface area (Å²) >= 11 is 3.43. The SMILES string of the molecule is Cc1cc(Br)ccc1CNC[C@H](C)O. The summed E-state index contributed by atoms with van der Waals surface area (Å²) in [4.78, 5) is 0. The maximum atomic E-state index is 9.07. The Hall–Kier alpha value is -0.380. The lowest BCUT2D eigenvalue weighted by molar-refractivity contribution is 0.191. The van der Waals surface area contributed by atoms with Gasteiger partial charge in [-0.2, -0.15) is 0 Å². The highest BCUT2D eigenvalue weighted by atomic mass is 79.9. The number of hydrogen-bond acceptors (Lipinski definition) is 2. The molecule has 0 aromatic heterocycles. The first kappa shape index (κ1) is 11.7. The van der Waals surface area contributed by atoms with Crippen LogP contribution in [-0.2, 0) is 6.54 Å². The molecule has 0 radical (unpaired) electrons. The van der Waals surface area contributed by atoms with Crippen molar-refractivity contribution in [2.24, 2.45) is 0 Å². The molecular weight excluding hydrogens is 242 g/mol. The Balaban J connectivity index is 2.51. The van der Waals surface area contributed by atoms with Crippen molar-refractivity contribution in [3.05, 3.63) is 33.8 Å². The van der Waals surface area contributed by atoms with Crippen LogP contribution in [0, 0.1) is 6.92 Å². The minimum Gasteiger partial charge on any atom is -0.392 e. The Morgan fingerprint density at radius 1 is 1.50 bits per heavy atom. The second kappa shape index (κ2) is 5.49. The number of aliphatic hydroxyl groups is 1. The lowest BCUT2D eigenvalue weighted by Crippen LogP contribution is -2.24. The maximum absolute atomic E-state index is 9.07. The molecule has 2 nitrogen and oxygen atoms in total. The summed E-state index contributed by atoms with van der Waals surface area (Å²) in [7, 11) is 0. The van der Waals surface area contributed by atoms with E-state index in [9.17, 15) is 0 Å². The van der Waals surface area contributed by atoms with Crippen molar-refractivity contribution in [1.29, 1.82) is 0 Å². The lowest BCUT2D eigenvalue weighted by Gasteiger charge is -2.09. The van der Waals surface area contributed by atoms with E-state index in [1.165, 1.54) is 11.1 Å². The Bertz CT molecular complexity index is 299. The molecule has 0 aliphatic carbocycles. The van der Waals surface area contributed by atoms with Gasteiger partial charge in [0.15, 0.2) is 0 Å². The maximum Gasteiger partial charge on any atom is 0.0636 e. The van der Waals surface area contributed by atoms with Crippen LogP contribution in [0.3, 0.4) is 0 Å². The van der Waals surface area contributed by atoms with E-state index in [1.807, 2.05) is 6.07 Å². The molecule has 14 heavy (non-hydrogen) atoms. The van der Waals surface area contributed by atoms with Crippen LogP contribution in [-0.4, -0.2) is 17.8 Å². The number of nitrogens with one attached hydrogen (secondary N) is 1. The van der Waals surface area contributed by atoms with E-state index in [1.54, 1.807) is 6.92 Å². The molecule has 1 aromatic rings. The monoisotopic (exact) mass is 257 g/mol. The van der Waals surface area contributed by atoms with Gasteiger partial charge in [-0.3, -0.25) is 0 Å². The van der Waals surface area contributed by atoms with Crippen LogP contribution in [0.5, 0.6) is 0 Å². The van der Waals surface area contributed by atoms with Gasteiger partial charge in [0.2, 0.25) is 0 Å². The van der Waals surface area contributed by atoms with Crippen molar-refractivity contribution >= 4 is 15.9 Å². The van der Waals surface area contributed by atoms with Gasteiger partial charge >= 0.3 is 0 Å². The van der Waals surface area contributed by atoms with E-state index in [4.69, 9.17) is 5.11 Å². The van der Waals surface area contributed by atoms with E-state index >= 15 is 0 Å². The standard InChI is InChI=1S/C11H16BrNO/c1-8-5-11(12)4-3-10(8)7-13-6-9(2)14/h3-5,9,13-14H,6-7H2,1-2H3/t9-/m0/s1. The molecule has 0 aliphatic heterocycles. The fraction of sp³-hybridized carbons (Fsp3) is 0.455. The summed E-state index contributed by atoms with van der Waals surface area (Å²) in [5.74, 6) is 0. The third-order valence-corrected chi connectivity index (χ3v) is 2.55. The van der Waals surface area contributed by atoms with Gasteiger partial charge in [0.1, 0.15) is 0 Å². The Morgan fingerprint density at radius 3 is 2.79 bits per heavy atom. The van der Waals surface area contributed by atoms with Crippen molar-refractivity contribution in [2.45, 2.75) is 26.5 Å². The summed E-state index contributed by atoms with van der Waals surface area (Å²) in [6.07, 6.45) is -0.286. The predicted molar refractivity (Wildman–Crippen MR) is 62.3 cm³/mol. The summed E-state index contributed by atoms with van der Waals surface area (Å²) in [5, 5.41) is 12.3. The topological polar surface area (TPSA) is 32.3 Å². The van der Waals surface area contributed by atoms with Crippen LogP contribution in [0.25, 0.3) is 0 Å². The first-order chi connectivity index (χ1) is 6.59. The molecule has 0 amide bonds. The number of benzene rings is 1. The molecule has 78 valence electrons. The van der Waals surface area contributed by atoms with E-state index in [-0.39, 0.29) is 6.10 Å². The Kier molecular flexibility index (Phi) is 4.58. The molecule has 2 N–H and O–H groups in total. The van der Waals surface area contributed by atoms with Gasteiger partial charge in [-0.25, -0.2) is 0 Å². The normalized spacial score (nSPS) is 12.9. The third-order valence-electron chi connectivity index (χ3n) is 2.06. The van der Waals surface area contributed by atoms with Crippen LogP contribution in [0.1, 0.15) is 18.1 Å². The van der Waals surface area contributed by atoms with Crippen LogP contribution in [0.2, 0.25) is 0 Å².